The molecule has 4 aliphatic rings. The lowest BCUT2D eigenvalue weighted by Crippen LogP contribution is -2.56. The number of hydrogen-bond acceptors (Lipinski definition) is 4. The van der Waals surface area contributed by atoms with E-state index < -0.39 is 12.0 Å². The van der Waals surface area contributed by atoms with Crippen LogP contribution in [0, 0.1) is 23.2 Å². The summed E-state index contributed by atoms with van der Waals surface area (Å²) in [6, 6.07) is 5.94. The summed E-state index contributed by atoms with van der Waals surface area (Å²) in [6.45, 7) is 1.71. The standard InChI is InChI=1S/C22H28N2O4/c1-13(19(25)24-18-5-3-4-17(9-18)20(26)28-2)23-21(27)22-10-14-6-15(11-22)8-16(7-14)12-22/h3-5,9,13-16H,6-8,10-12H2,1-2H3,(H,23,27)(H,24,25)/t13-,14?,15?,16?,22?/m1/s1. The molecule has 150 valence electrons. The maximum atomic E-state index is 13.1. The molecule has 6 heteroatoms. The van der Waals surface area contributed by atoms with Gasteiger partial charge in [0.25, 0.3) is 0 Å². The van der Waals surface area contributed by atoms with Crippen LogP contribution in [0.15, 0.2) is 24.3 Å². The first-order valence-electron chi connectivity index (χ1n) is 10.2. The Balaban J connectivity index is 1.38. The summed E-state index contributed by atoms with van der Waals surface area (Å²) in [5.74, 6) is 1.34. The Morgan fingerprint density at radius 1 is 1.07 bits per heavy atom. The van der Waals surface area contributed by atoms with E-state index in [0.29, 0.717) is 29.0 Å². The van der Waals surface area contributed by atoms with E-state index in [-0.39, 0.29) is 17.2 Å². The third-order valence-corrected chi connectivity index (χ3v) is 6.81. The van der Waals surface area contributed by atoms with E-state index in [2.05, 4.69) is 10.6 Å². The van der Waals surface area contributed by atoms with E-state index in [1.54, 1.807) is 31.2 Å². The number of amides is 2. The quantitative estimate of drug-likeness (QED) is 0.764. The molecule has 4 fully saturated rings. The topological polar surface area (TPSA) is 84.5 Å². The van der Waals surface area contributed by atoms with Crippen LogP contribution in [0.4, 0.5) is 5.69 Å². The summed E-state index contributed by atoms with van der Waals surface area (Å²) >= 11 is 0. The van der Waals surface area contributed by atoms with Gasteiger partial charge in [-0.2, -0.15) is 0 Å². The molecule has 0 radical (unpaired) electrons. The molecule has 0 aliphatic heterocycles. The Hall–Kier alpha value is -2.37. The number of esters is 1. The summed E-state index contributed by atoms with van der Waals surface area (Å²) < 4.78 is 4.70. The number of ether oxygens (including phenoxy) is 1. The number of nitrogens with one attached hydrogen (secondary N) is 2. The van der Waals surface area contributed by atoms with E-state index in [4.69, 9.17) is 4.74 Å². The molecule has 4 aliphatic carbocycles. The highest BCUT2D eigenvalue weighted by Crippen LogP contribution is 2.60. The second kappa shape index (κ2) is 7.22. The van der Waals surface area contributed by atoms with Crippen LogP contribution in [0.1, 0.15) is 55.8 Å². The molecule has 1 aromatic carbocycles. The lowest BCUT2D eigenvalue weighted by atomic mass is 9.49. The lowest BCUT2D eigenvalue weighted by Gasteiger charge is -2.55. The molecular formula is C22H28N2O4. The number of anilines is 1. The van der Waals surface area contributed by atoms with Gasteiger partial charge in [0.1, 0.15) is 6.04 Å². The van der Waals surface area contributed by atoms with Gasteiger partial charge in [-0.05, 0) is 81.4 Å². The van der Waals surface area contributed by atoms with Crippen molar-refractivity contribution in [3.63, 3.8) is 0 Å². The Bertz CT molecular complexity index is 768. The van der Waals surface area contributed by atoms with Crippen LogP contribution >= 0.6 is 0 Å². The highest BCUT2D eigenvalue weighted by molar-refractivity contribution is 5.99. The molecule has 0 saturated heterocycles. The summed E-state index contributed by atoms with van der Waals surface area (Å²) in [4.78, 5) is 37.3. The zero-order chi connectivity index (χ0) is 19.9. The van der Waals surface area contributed by atoms with Gasteiger partial charge in [0.05, 0.1) is 12.7 Å². The van der Waals surface area contributed by atoms with Crippen LogP contribution in [-0.4, -0.2) is 30.9 Å². The van der Waals surface area contributed by atoms with Crippen LogP contribution in [0.3, 0.4) is 0 Å². The number of rotatable bonds is 5. The Labute approximate surface area is 165 Å². The fourth-order valence-electron chi connectivity index (χ4n) is 5.90. The smallest absolute Gasteiger partial charge is 0.337 e. The van der Waals surface area contributed by atoms with Gasteiger partial charge < -0.3 is 15.4 Å². The SMILES string of the molecule is COC(=O)c1cccc(NC(=O)[C@@H](C)NC(=O)C23CC4CC(CC(C4)C2)C3)c1. The van der Waals surface area contributed by atoms with E-state index in [9.17, 15) is 14.4 Å². The first-order chi connectivity index (χ1) is 13.4. The molecule has 2 N–H and O–H groups in total. The molecule has 0 spiro atoms. The second-order valence-corrected chi connectivity index (χ2v) is 8.95. The minimum absolute atomic E-state index is 0.0394. The molecule has 0 heterocycles. The number of benzene rings is 1. The number of hydrogen-bond donors (Lipinski definition) is 2. The van der Waals surface area contributed by atoms with Crippen molar-refractivity contribution >= 4 is 23.5 Å². The van der Waals surface area contributed by atoms with E-state index in [1.165, 1.54) is 26.4 Å². The molecule has 6 nitrogen and oxygen atoms in total. The zero-order valence-electron chi connectivity index (χ0n) is 16.5. The van der Waals surface area contributed by atoms with Crippen LogP contribution in [0.25, 0.3) is 0 Å². The van der Waals surface area contributed by atoms with Crippen LogP contribution in [-0.2, 0) is 14.3 Å². The van der Waals surface area contributed by atoms with Gasteiger partial charge in [-0.1, -0.05) is 6.07 Å². The highest BCUT2D eigenvalue weighted by atomic mass is 16.5. The average molecular weight is 384 g/mol. The van der Waals surface area contributed by atoms with Crippen molar-refractivity contribution in [2.45, 2.75) is 51.5 Å². The Morgan fingerprint density at radius 3 is 2.25 bits per heavy atom. The molecule has 1 atom stereocenters. The van der Waals surface area contributed by atoms with Crippen molar-refractivity contribution in [3.05, 3.63) is 29.8 Å². The van der Waals surface area contributed by atoms with E-state index in [1.807, 2.05) is 0 Å². The number of methoxy groups -OCH3 is 1. The van der Waals surface area contributed by atoms with Crippen LogP contribution < -0.4 is 10.6 Å². The van der Waals surface area contributed by atoms with Gasteiger partial charge in [-0.25, -0.2) is 4.79 Å². The predicted octanol–water partition coefficient (Wildman–Crippen LogP) is 3.13. The van der Waals surface area contributed by atoms with Gasteiger partial charge in [0.15, 0.2) is 0 Å². The normalized spacial score (nSPS) is 31.1. The third kappa shape index (κ3) is 3.52. The maximum Gasteiger partial charge on any atom is 0.337 e. The molecule has 5 rings (SSSR count). The molecule has 28 heavy (non-hydrogen) atoms. The first-order valence-corrected chi connectivity index (χ1v) is 10.2. The van der Waals surface area contributed by atoms with Gasteiger partial charge in [0.2, 0.25) is 11.8 Å². The summed E-state index contributed by atoms with van der Waals surface area (Å²) in [5, 5.41) is 5.74. The van der Waals surface area contributed by atoms with Crippen molar-refractivity contribution in [2.24, 2.45) is 23.2 Å². The average Bonchev–Trinajstić information content (AvgIpc) is 2.66. The largest absolute Gasteiger partial charge is 0.465 e. The molecule has 4 saturated carbocycles. The van der Waals surface area contributed by atoms with Crippen molar-refractivity contribution in [1.29, 1.82) is 0 Å². The van der Waals surface area contributed by atoms with Crippen molar-refractivity contribution < 1.29 is 19.1 Å². The monoisotopic (exact) mass is 384 g/mol. The minimum atomic E-state index is -0.637. The fraction of sp³-hybridized carbons (Fsp3) is 0.591. The van der Waals surface area contributed by atoms with Gasteiger partial charge in [-0.15, -0.1) is 0 Å². The molecule has 0 aromatic heterocycles. The molecule has 0 unspecified atom stereocenters. The van der Waals surface area contributed by atoms with Gasteiger partial charge in [0, 0.05) is 11.1 Å². The highest BCUT2D eigenvalue weighted by Gasteiger charge is 2.54. The van der Waals surface area contributed by atoms with Gasteiger partial charge in [-0.3, -0.25) is 9.59 Å². The first kappa shape index (κ1) is 19.0. The lowest BCUT2D eigenvalue weighted by molar-refractivity contribution is -0.147. The summed E-state index contributed by atoms with van der Waals surface area (Å²) in [5.41, 5.74) is 0.600. The van der Waals surface area contributed by atoms with Crippen LogP contribution in [0.5, 0.6) is 0 Å². The third-order valence-electron chi connectivity index (χ3n) is 6.81. The second-order valence-electron chi connectivity index (χ2n) is 8.95. The Morgan fingerprint density at radius 2 is 1.68 bits per heavy atom. The van der Waals surface area contributed by atoms with E-state index in [0.717, 1.165) is 19.3 Å². The summed E-state index contributed by atoms with van der Waals surface area (Å²) in [7, 11) is 1.32. The molecular weight excluding hydrogens is 356 g/mol. The zero-order valence-corrected chi connectivity index (χ0v) is 16.5. The summed E-state index contributed by atoms with van der Waals surface area (Å²) in [6.07, 6.45) is 6.75. The fourth-order valence-corrected chi connectivity index (χ4v) is 5.90. The minimum Gasteiger partial charge on any atom is -0.465 e. The van der Waals surface area contributed by atoms with Crippen molar-refractivity contribution in [2.75, 3.05) is 12.4 Å². The Kier molecular flexibility index (Phi) is 4.89. The van der Waals surface area contributed by atoms with Gasteiger partial charge >= 0.3 is 5.97 Å². The van der Waals surface area contributed by atoms with Crippen molar-refractivity contribution in [1.82, 2.24) is 5.32 Å². The number of carbonyl (C=O) groups excluding carboxylic acids is 3. The maximum absolute atomic E-state index is 13.1. The number of carbonyl (C=O) groups is 3. The molecule has 1 aromatic rings. The predicted molar refractivity (Wildman–Crippen MR) is 105 cm³/mol. The van der Waals surface area contributed by atoms with Crippen molar-refractivity contribution in [3.8, 4) is 0 Å². The molecule has 4 bridgehead atoms. The van der Waals surface area contributed by atoms with Crippen LogP contribution in [0.2, 0.25) is 0 Å². The van der Waals surface area contributed by atoms with E-state index >= 15 is 0 Å². The molecule has 2 amide bonds.